The molecule has 1 heterocycles. The van der Waals surface area contributed by atoms with Gasteiger partial charge in [0.15, 0.2) is 0 Å². The first-order chi connectivity index (χ1) is 6.79. The second-order valence-electron chi connectivity index (χ2n) is 3.30. The number of benzene rings is 1. The van der Waals surface area contributed by atoms with Crippen molar-refractivity contribution < 1.29 is 0 Å². The van der Waals surface area contributed by atoms with E-state index in [0.29, 0.717) is 0 Å². The number of hydrogen-bond acceptors (Lipinski definition) is 1. The van der Waals surface area contributed by atoms with Gasteiger partial charge in [0.05, 0.1) is 0 Å². The van der Waals surface area contributed by atoms with E-state index in [0.717, 1.165) is 18.1 Å². The highest BCUT2D eigenvalue weighted by atomic mass is 35.5. The lowest BCUT2D eigenvalue weighted by Crippen LogP contribution is -2.22. The summed E-state index contributed by atoms with van der Waals surface area (Å²) in [5.41, 5.74) is 1.40. The van der Waals surface area contributed by atoms with E-state index in [1.165, 1.54) is 18.4 Å². The van der Waals surface area contributed by atoms with Gasteiger partial charge in [0.2, 0.25) is 0 Å². The van der Waals surface area contributed by atoms with Gasteiger partial charge in [0.1, 0.15) is 0 Å². The molecule has 0 unspecified atom stereocenters. The predicted octanol–water partition coefficient (Wildman–Crippen LogP) is 3.27. The smallest absolute Gasteiger partial charge is 0.0405 e. The van der Waals surface area contributed by atoms with Crippen molar-refractivity contribution in [2.75, 3.05) is 13.1 Å². The molecule has 0 spiro atoms. The van der Waals surface area contributed by atoms with Crippen molar-refractivity contribution in [3.05, 3.63) is 47.5 Å². The average Bonchev–Trinajstić information content (AvgIpc) is 2.21. The fraction of sp³-hybridized carbons (Fsp3) is 0.333. The van der Waals surface area contributed by atoms with Crippen LogP contribution in [0.25, 0.3) is 0 Å². The number of hydrogen-bond donors (Lipinski definition) is 1. The fourth-order valence-corrected chi connectivity index (χ4v) is 1.34. The zero-order valence-corrected chi connectivity index (χ0v) is 9.06. The minimum Gasteiger partial charge on any atom is -0.316 e. The normalized spacial score (nSPS) is 15.6. The zero-order valence-electron chi connectivity index (χ0n) is 8.30. The summed E-state index contributed by atoms with van der Waals surface area (Å²) in [5.74, 6) is 0. The molecular weight excluding hydrogens is 194 g/mol. The molecule has 0 aliphatic carbocycles. The Hall–Kier alpha value is -0.790. The van der Waals surface area contributed by atoms with Gasteiger partial charge in [0, 0.05) is 5.02 Å². The molecule has 1 nitrogen and oxygen atoms in total. The predicted molar refractivity (Wildman–Crippen MR) is 62.7 cm³/mol. The number of halogens is 1. The molecule has 1 aromatic rings. The minimum atomic E-state index is 0.794. The highest BCUT2D eigenvalue weighted by Gasteiger charge is 1.98. The Morgan fingerprint density at radius 1 is 1.07 bits per heavy atom. The SMILES string of the molecule is C=C1CCNCC1.Clc1ccccc1. The third-order valence-corrected chi connectivity index (χ3v) is 2.30. The van der Waals surface area contributed by atoms with Gasteiger partial charge in [-0.1, -0.05) is 42.0 Å². The molecule has 1 aliphatic rings. The van der Waals surface area contributed by atoms with E-state index in [4.69, 9.17) is 11.6 Å². The van der Waals surface area contributed by atoms with E-state index in [-0.39, 0.29) is 0 Å². The van der Waals surface area contributed by atoms with Crippen LogP contribution in [-0.4, -0.2) is 13.1 Å². The molecule has 14 heavy (non-hydrogen) atoms. The number of rotatable bonds is 0. The van der Waals surface area contributed by atoms with Gasteiger partial charge in [-0.15, -0.1) is 0 Å². The Morgan fingerprint density at radius 2 is 1.64 bits per heavy atom. The number of nitrogens with one attached hydrogen (secondary N) is 1. The average molecular weight is 210 g/mol. The highest BCUT2D eigenvalue weighted by Crippen LogP contribution is 2.05. The lowest BCUT2D eigenvalue weighted by molar-refractivity contribution is 0.612. The third kappa shape index (κ3) is 5.05. The van der Waals surface area contributed by atoms with Crippen molar-refractivity contribution in [2.45, 2.75) is 12.8 Å². The topological polar surface area (TPSA) is 12.0 Å². The largest absolute Gasteiger partial charge is 0.316 e. The Bertz CT molecular complexity index is 261. The fourth-order valence-electron chi connectivity index (χ4n) is 1.19. The van der Waals surface area contributed by atoms with Crippen molar-refractivity contribution in [1.82, 2.24) is 5.32 Å². The Morgan fingerprint density at radius 3 is 1.93 bits per heavy atom. The van der Waals surface area contributed by atoms with Gasteiger partial charge in [0.25, 0.3) is 0 Å². The summed E-state index contributed by atoms with van der Waals surface area (Å²) >= 11 is 5.54. The lowest BCUT2D eigenvalue weighted by Gasteiger charge is -2.12. The summed E-state index contributed by atoms with van der Waals surface area (Å²) in [7, 11) is 0. The van der Waals surface area contributed by atoms with Crippen LogP contribution in [0, 0.1) is 0 Å². The molecule has 76 valence electrons. The van der Waals surface area contributed by atoms with Gasteiger partial charge in [-0.25, -0.2) is 0 Å². The van der Waals surface area contributed by atoms with Crippen LogP contribution in [-0.2, 0) is 0 Å². The van der Waals surface area contributed by atoms with Crippen molar-refractivity contribution in [1.29, 1.82) is 0 Å². The van der Waals surface area contributed by atoms with Crippen LogP contribution < -0.4 is 5.32 Å². The van der Waals surface area contributed by atoms with Crippen LogP contribution in [0.15, 0.2) is 42.5 Å². The summed E-state index contributed by atoms with van der Waals surface area (Å²) < 4.78 is 0. The summed E-state index contributed by atoms with van der Waals surface area (Å²) in [4.78, 5) is 0. The first kappa shape index (κ1) is 11.3. The van der Waals surface area contributed by atoms with Crippen LogP contribution in [0.3, 0.4) is 0 Å². The molecular formula is C12H16ClN. The van der Waals surface area contributed by atoms with E-state index in [2.05, 4.69) is 11.9 Å². The van der Waals surface area contributed by atoms with Crippen molar-refractivity contribution in [3.63, 3.8) is 0 Å². The molecule has 0 atom stereocenters. The Balaban J connectivity index is 0.000000140. The first-order valence-electron chi connectivity index (χ1n) is 4.87. The Kier molecular flexibility index (Phi) is 5.35. The maximum absolute atomic E-state index is 5.54. The zero-order chi connectivity index (χ0) is 10.2. The maximum atomic E-state index is 5.54. The molecule has 2 rings (SSSR count). The van der Waals surface area contributed by atoms with Gasteiger partial charge in [-0.05, 0) is 38.1 Å². The van der Waals surface area contributed by atoms with Crippen molar-refractivity contribution in [3.8, 4) is 0 Å². The second kappa shape index (κ2) is 6.63. The highest BCUT2D eigenvalue weighted by molar-refractivity contribution is 6.30. The van der Waals surface area contributed by atoms with Gasteiger partial charge in [-0.2, -0.15) is 0 Å². The Labute approximate surface area is 90.8 Å². The van der Waals surface area contributed by atoms with E-state index in [9.17, 15) is 0 Å². The van der Waals surface area contributed by atoms with E-state index >= 15 is 0 Å². The summed E-state index contributed by atoms with van der Waals surface area (Å²) in [6.07, 6.45) is 2.36. The van der Waals surface area contributed by atoms with E-state index in [1.807, 2.05) is 30.3 Å². The standard InChI is InChI=1S/C6H5Cl.C6H11N/c7-6-4-2-1-3-5-6;1-6-2-4-7-5-3-6/h1-5H;7H,1-5H2. The lowest BCUT2D eigenvalue weighted by atomic mass is 10.1. The molecule has 0 bridgehead atoms. The third-order valence-electron chi connectivity index (χ3n) is 2.04. The van der Waals surface area contributed by atoms with Crippen molar-refractivity contribution >= 4 is 11.6 Å². The molecule has 0 amide bonds. The van der Waals surface area contributed by atoms with Crippen LogP contribution in [0.1, 0.15) is 12.8 Å². The first-order valence-corrected chi connectivity index (χ1v) is 5.25. The number of piperidine rings is 1. The van der Waals surface area contributed by atoms with Gasteiger partial charge < -0.3 is 5.32 Å². The molecule has 1 aromatic carbocycles. The van der Waals surface area contributed by atoms with Crippen molar-refractivity contribution in [2.24, 2.45) is 0 Å². The molecule has 1 saturated heterocycles. The van der Waals surface area contributed by atoms with Crippen LogP contribution >= 0.6 is 11.6 Å². The molecule has 2 heteroatoms. The molecule has 0 aromatic heterocycles. The van der Waals surface area contributed by atoms with Gasteiger partial charge >= 0.3 is 0 Å². The van der Waals surface area contributed by atoms with Crippen LogP contribution in [0.5, 0.6) is 0 Å². The van der Waals surface area contributed by atoms with Crippen LogP contribution in [0.2, 0.25) is 5.02 Å². The summed E-state index contributed by atoms with van der Waals surface area (Å²) in [6.45, 7) is 6.15. The van der Waals surface area contributed by atoms with E-state index < -0.39 is 0 Å². The maximum Gasteiger partial charge on any atom is 0.0405 e. The molecule has 1 N–H and O–H groups in total. The quantitative estimate of drug-likeness (QED) is 0.647. The molecule has 1 fully saturated rings. The molecule has 1 aliphatic heterocycles. The minimum absolute atomic E-state index is 0.794. The van der Waals surface area contributed by atoms with Crippen LogP contribution in [0.4, 0.5) is 0 Å². The monoisotopic (exact) mass is 209 g/mol. The van der Waals surface area contributed by atoms with E-state index in [1.54, 1.807) is 0 Å². The second-order valence-corrected chi connectivity index (χ2v) is 3.73. The molecule has 0 radical (unpaired) electrons. The summed E-state index contributed by atoms with van der Waals surface area (Å²) in [6, 6.07) is 9.44. The molecule has 0 saturated carbocycles. The summed E-state index contributed by atoms with van der Waals surface area (Å²) in [5, 5.41) is 4.05. The van der Waals surface area contributed by atoms with Gasteiger partial charge in [-0.3, -0.25) is 0 Å².